The number of piperidine rings is 1. The molecule has 2 aliphatic heterocycles. The first-order valence-corrected chi connectivity index (χ1v) is 11.2. The fourth-order valence-corrected chi connectivity index (χ4v) is 4.53. The molecule has 0 aliphatic carbocycles. The third kappa shape index (κ3) is 4.06. The van der Waals surface area contributed by atoms with E-state index in [-0.39, 0.29) is 23.7 Å². The molecule has 1 unspecified atom stereocenters. The predicted octanol–water partition coefficient (Wildman–Crippen LogP) is 2.49. The molecule has 4 rings (SSSR count). The van der Waals surface area contributed by atoms with E-state index in [0.717, 1.165) is 36.5 Å². The summed E-state index contributed by atoms with van der Waals surface area (Å²) in [5.74, 6) is 1.27. The lowest BCUT2D eigenvalue weighted by Crippen LogP contribution is -2.43. The van der Waals surface area contributed by atoms with Gasteiger partial charge in [-0.15, -0.1) is 0 Å². The number of nitrogens with one attached hydrogen (secondary N) is 3. The smallest absolute Gasteiger partial charge is 0.259 e. The van der Waals surface area contributed by atoms with Gasteiger partial charge in [0.25, 0.3) is 5.91 Å². The lowest BCUT2D eigenvalue weighted by atomic mass is 9.91. The third-order valence-electron chi connectivity index (χ3n) is 6.54. The Bertz CT molecular complexity index is 1020. The zero-order valence-corrected chi connectivity index (χ0v) is 18.9. The van der Waals surface area contributed by atoms with Crippen LogP contribution in [-0.4, -0.2) is 57.0 Å². The second-order valence-electron chi connectivity index (χ2n) is 8.70. The van der Waals surface area contributed by atoms with E-state index >= 15 is 0 Å². The van der Waals surface area contributed by atoms with Crippen molar-refractivity contribution in [2.24, 2.45) is 5.92 Å². The van der Waals surface area contributed by atoms with Gasteiger partial charge in [-0.25, -0.2) is 4.68 Å². The Balaban J connectivity index is 1.48. The summed E-state index contributed by atoms with van der Waals surface area (Å²) in [5, 5.41) is 19.2. The molecule has 3 N–H and O–H groups in total. The minimum Gasteiger partial charge on any atom is -0.343 e. The van der Waals surface area contributed by atoms with Gasteiger partial charge < -0.3 is 15.5 Å². The molecule has 0 saturated carbocycles. The number of carbonyl (C=O) groups excluding carboxylic acids is 2. The van der Waals surface area contributed by atoms with Crippen LogP contribution in [0.4, 0.5) is 11.5 Å². The van der Waals surface area contributed by atoms with Crippen LogP contribution in [0.25, 0.3) is 0 Å². The third-order valence-corrected chi connectivity index (χ3v) is 6.54. The number of likely N-dealkylation sites (tertiary alicyclic amines) is 1. The topological polar surface area (TPSA) is 106 Å². The van der Waals surface area contributed by atoms with Gasteiger partial charge in [0, 0.05) is 44.9 Å². The number of carbonyl (C=O) groups is 2. The Morgan fingerprint density at radius 1 is 1.31 bits per heavy atom. The minimum absolute atomic E-state index is 0.0955. The fraction of sp³-hybridized carbons (Fsp3) is 0.478. The zero-order valence-electron chi connectivity index (χ0n) is 18.9. The van der Waals surface area contributed by atoms with Crippen molar-refractivity contribution in [1.82, 2.24) is 24.9 Å². The summed E-state index contributed by atoms with van der Waals surface area (Å²) in [7, 11) is 0. The number of benzene rings is 1. The number of guanidine groups is 1. The average Bonchev–Trinajstić information content (AvgIpc) is 3.32. The normalized spacial score (nSPS) is 21.7. The minimum atomic E-state index is -1.00. The number of nitrogens with zero attached hydrogens (tertiary/aromatic N) is 4. The van der Waals surface area contributed by atoms with Crippen molar-refractivity contribution in [3.05, 3.63) is 42.1 Å². The highest BCUT2D eigenvalue weighted by molar-refractivity contribution is 6.08. The largest absolute Gasteiger partial charge is 0.343 e. The van der Waals surface area contributed by atoms with Crippen LogP contribution in [0.5, 0.6) is 0 Å². The van der Waals surface area contributed by atoms with Gasteiger partial charge in [-0.1, -0.05) is 12.1 Å². The molecule has 1 atom stereocenters. The lowest BCUT2D eigenvalue weighted by molar-refractivity contribution is -0.133. The SMILES string of the molecule is CCn1nccc1Nc1cccc(C2(C)NC(=N)N(CC3CCN(C(C)=O)CC3)C2=O)c1. The zero-order chi connectivity index (χ0) is 22.9. The Morgan fingerprint density at radius 2 is 2.06 bits per heavy atom. The lowest BCUT2D eigenvalue weighted by Gasteiger charge is -2.33. The van der Waals surface area contributed by atoms with Gasteiger partial charge in [-0.05, 0) is 50.3 Å². The molecule has 32 heavy (non-hydrogen) atoms. The Morgan fingerprint density at radius 3 is 2.75 bits per heavy atom. The summed E-state index contributed by atoms with van der Waals surface area (Å²) < 4.78 is 1.86. The standard InChI is InChI=1S/C23H31N7O2/c1-4-30-20(8-11-25-30)26-19-7-5-6-18(14-19)23(3)21(32)29(22(24)27-23)15-17-9-12-28(13-10-17)16(2)31/h5-8,11,14,17,26H,4,9-10,12-13,15H2,1-3H3,(H2,24,27). The highest BCUT2D eigenvalue weighted by atomic mass is 16.2. The second-order valence-corrected chi connectivity index (χ2v) is 8.70. The van der Waals surface area contributed by atoms with E-state index in [1.54, 1.807) is 18.0 Å². The molecule has 9 heteroatoms. The molecule has 2 aliphatic rings. The Hall–Kier alpha value is -3.36. The van der Waals surface area contributed by atoms with Crippen LogP contribution < -0.4 is 10.6 Å². The van der Waals surface area contributed by atoms with Crippen molar-refractivity contribution in [2.75, 3.05) is 25.0 Å². The molecular formula is C23H31N7O2. The Kier molecular flexibility index (Phi) is 5.90. The molecule has 0 bridgehead atoms. The summed E-state index contributed by atoms with van der Waals surface area (Å²) in [6, 6.07) is 9.63. The molecule has 2 saturated heterocycles. The molecule has 0 radical (unpaired) electrons. The van der Waals surface area contributed by atoms with Gasteiger partial charge in [-0.2, -0.15) is 5.10 Å². The molecule has 2 aromatic rings. The first kappa shape index (κ1) is 21.9. The fourth-order valence-electron chi connectivity index (χ4n) is 4.53. The van der Waals surface area contributed by atoms with Gasteiger partial charge in [0.05, 0.1) is 6.20 Å². The number of hydrogen-bond donors (Lipinski definition) is 3. The monoisotopic (exact) mass is 437 g/mol. The second kappa shape index (κ2) is 8.64. The summed E-state index contributed by atoms with van der Waals surface area (Å²) in [6.07, 6.45) is 3.44. The maximum Gasteiger partial charge on any atom is 0.259 e. The van der Waals surface area contributed by atoms with Crippen LogP contribution in [0.15, 0.2) is 36.5 Å². The van der Waals surface area contributed by atoms with E-state index < -0.39 is 5.54 Å². The summed E-state index contributed by atoms with van der Waals surface area (Å²) in [4.78, 5) is 28.4. The van der Waals surface area contributed by atoms with Crippen LogP contribution in [0.1, 0.15) is 39.2 Å². The average molecular weight is 438 g/mol. The number of hydrogen-bond acceptors (Lipinski definition) is 5. The van der Waals surface area contributed by atoms with E-state index in [9.17, 15) is 9.59 Å². The van der Waals surface area contributed by atoms with E-state index in [1.165, 1.54) is 0 Å². The molecule has 2 fully saturated rings. The van der Waals surface area contributed by atoms with Crippen LogP contribution in [0.2, 0.25) is 0 Å². The quantitative estimate of drug-likeness (QED) is 0.644. The number of aryl methyl sites for hydroxylation is 1. The number of amides is 2. The van der Waals surface area contributed by atoms with E-state index in [2.05, 4.69) is 15.7 Å². The maximum absolute atomic E-state index is 13.4. The van der Waals surface area contributed by atoms with Gasteiger partial charge in [0.15, 0.2) is 5.96 Å². The maximum atomic E-state index is 13.4. The van der Waals surface area contributed by atoms with Crippen LogP contribution in [-0.2, 0) is 21.7 Å². The highest BCUT2D eigenvalue weighted by Gasteiger charge is 2.47. The van der Waals surface area contributed by atoms with Crippen LogP contribution in [0, 0.1) is 11.3 Å². The van der Waals surface area contributed by atoms with Crippen molar-refractivity contribution < 1.29 is 9.59 Å². The van der Waals surface area contributed by atoms with Gasteiger partial charge in [0.2, 0.25) is 5.91 Å². The first-order chi connectivity index (χ1) is 15.3. The van der Waals surface area contributed by atoms with Gasteiger partial charge in [-0.3, -0.25) is 19.9 Å². The van der Waals surface area contributed by atoms with E-state index in [1.807, 2.05) is 53.8 Å². The van der Waals surface area contributed by atoms with E-state index in [4.69, 9.17) is 5.41 Å². The molecule has 3 heterocycles. The van der Waals surface area contributed by atoms with Crippen molar-refractivity contribution in [3.8, 4) is 0 Å². The number of anilines is 2. The molecule has 1 aromatic heterocycles. The number of rotatable bonds is 6. The number of aromatic nitrogens is 2. The summed E-state index contributed by atoms with van der Waals surface area (Å²) >= 11 is 0. The van der Waals surface area contributed by atoms with E-state index in [0.29, 0.717) is 19.6 Å². The molecule has 9 nitrogen and oxygen atoms in total. The molecular weight excluding hydrogens is 406 g/mol. The molecule has 170 valence electrons. The van der Waals surface area contributed by atoms with Crippen molar-refractivity contribution >= 4 is 29.3 Å². The molecule has 0 spiro atoms. The highest BCUT2D eigenvalue weighted by Crippen LogP contribution is 2.32. The van der Waals surface area contributed by atoms with Crippen molar-refractivity contribution in [2.45, 2.75) is 45.7 Å². The molecule has 1 aromatic carbocycles. The predicted molar refractivity (Wildman–Crippen MR) is 123 cm³/mol. The van der Waals surface area contributed by atoms with Crippen LogP contribution in [0.3, 0.4) is 0 Å². The van der Waals surface area contributed by atoms with Crippen molar-refractivity contribution in [3.63, 3.8) is 0 Å². The van der Waals surface area contributed by atoms with Gasteiger partial charge in [0.1, 0.15) is 11.4 Å². The summed E-state index contributed by atoms with van der Waals surface area (Å²) in [5.41, 5.74) is 0.656. The first-order valence-electron chi connectivity index (χ1n) is 11.2. The van der Waals surface area contributed by atoms with Crippen molar-refractivity contribution in [1.29, 1.82) is 5.41 Å². The van der Waals surface area contributed by atoms with Crippen LogP contribution >= 0.6 is 0 Å². The molecule has 2 amide bonds. The summed E-state index contributed by atoms with van der Waals surface area (Å²) in [6.45, 7) is 8.13. The Labute approximate surface area is 188 Å². The van der Waals surface area contributed by atoms with Gasteiger partial charge >= 0.3 is 0 Å².